The topological polar surface area (TPSA) is 22.1 Å². The Morgan fingerprint density at radius 1 is 1.24 bits per heavy atom. The van der Waals surface area contributed by atoms with Crippen molar-refractivity contribution >= 4 is 11.6 Å². The lowest BCUT2D eigenvalue weighted by atomic mass is 10.1. The number of benzene rings is 1. The van der Waals surface area contributed by atoms with E-state index in [4.69, 9.17) is 16.3 Å². The van der Waals surface area contributed by atoms with Crippen LogP contribution in [-0.2, 0) is 6.42 Å². The molecule has 0 aliphatic carbocycles. The van der Waals surface area contributed by atoms with E-state index < -0.39 is 0 Å². The van der Waals surface area contributed by atoms with E-state index in [1.165, 1.54) is 13.2 Å². The number of nitrogens with zero attached hydrogens (tertiary/aromatic N) is 1. The Hall–Kier alpha value is -1.61. The second-order valence-corrected chi connectivity index (χ2v) is 4.02. The third-order valence-corrected chi connectivity index (χ3v) is 2.62. The molecule has 0 radical (unpaired) electrons. The Morgan fingerprint density at radius 3 is 2.65 bits per heavy atom. The summed E-state index contributed by atoms with van der Waals surface area (Å²) in [6.07, 6.45) is 2.25. The number of halogens is 2. The number of rotatable bonds is 3. The van der Waals surface area contributed by atoms with E-state index in [-0.39, 0.29) is 11.6 Å². The zero-order valence-electron chi connectivity index (χ0n) is 9.28. The molecule has 1 aromatic carbocycles. The van der Waals surface area contributed by atoms with Gasteiger partial charge in [-0.05, 0) is 41.8 Å². The summed E-state index contributed by atoms with van der Waals surface area (Å²) in [6, 6.07) is 8.54. The molecule has 0 saturated carbocycles. The van der Waals surface area contributed by atoms with Crippen molar-refractivity contribution in [2.75, 3.05) is 7.11 Å². The molecule has 1 aromatic heterocycles. The van der Waals surface area contributed by atoms with Crippen molar-refractivity contribution < 1.29 is 9.13 Å². The maximum atomic E-state index is 13.5. The Labute approximate surface area is 104 Å². The summed E-state index contributed by atoms with van der Waals surface area (Å²) in [5, 5.41) is 0.441. The predicted octanol–water partition coefficient (Wildman–Crippen LogP) is 3.47. The molecule has 2 nitrogen and oxygen atoms in total. The highest BCUT2D eigenvalue weighted by Crippen LogP contribution is 2.20. The monoisotopic (exact) mass is 251 g/mol. The average Bonchev–Trinajstić information content (AvgIpc) is 2.29. The van der Waals surface area contributed by atoms with Crippen molar-refractivity contribution in [2.45, 2.75) is 6.42 Å². The van der Waals surface area contributed by atoms with Gasteiger partial charge in [0.25, 0.3) is 0 Å². The number of pyridine rings is 1. The summed E-state index contributed by atoms with van der Waals surface area (Å²) in [4.78, 5) is 3.90. The van der Waals surface area contributed by atoms with Crippen LogP contribution in [0.1, 0.15) is 11.1 Å². The molecule has 1 heterocycles. The normalized spacial score (nSPS) is 10.3. The minimum Gasteiger partial charge on any atom is -0.494 e. The van der Waals surface area contributed by atoms with E-state index in [0.29, 0.717) is 11.6 Å². The van der Waals surface area contributed by atoms with E-state index in [1.807, 2.05) is 12.1 Å². The van der Waals surface area contributed by atoms with E-state index in [9.17, 15) is 4.39 Å². The van der Waals surface area contributed by atoms with Gasteiger partial charge >= 0.3 is 0 Å². The van der Waals surface area contributed by atoms with Gasteiger partial charge in [-0.25, -0.2) is 9.37 Å². The molecule has 0 atom stereocenters. The summed E-state index contributed by atoms with van der Waals surface area (Å²) < 4.78 is 18.3. The van der Waals surface area contributed by atoms with E-state index in [2.05, 4.69) is 4.98 Å². The lowest BCUT2D eigenvalue weighted by Crippen LogP contribution is -1.93. The summed E-state index contributed by atoms with van der Waals surface area (Å²) in [6.45, 7) is 0. The van der Waals surface area contributed by atoms with Crippen LogP contribution in [-0.4, -0.2) is 12.1 Å². The van der Waals surface area contributed by atoms with Crippen LogP contribution in [0.4, 0.5) is 4.39 Å². The third kappa shape index (κ3) is 2.94. The van der Waals surface area contributed by atoms with Gasteiger partial charge in [-0.1, -0.05) is 17.7 Å². The van der Waals surface area contributed by atoms with Gasteiger partial charge in [-0.3, -0.25) is 0 Å². The first-order chi connectivity index (χ1) is 8.19. The molecule has 88 valence electrons. The zero-order valence-corrected chi connectivity index (χ0v) is 10.0. The van der Waals surface area contributed by atoms with Gasteiger partial charge in [0, 0.05) is 6.20 Å². The SMILES string of the molecule is COc1ccc(Cc2ccnc(Cl)c2)cc1F. The van der Waals surface area contributed by atoms with Gasteiger partial charge in [-0.15, -0.1) is 0 Å². The van der Waals surface area contributed by atoms with Crippen molar-refractivity contribution in [3.8, 4) is 5.75 Å². The fraction of sp³-hybridized carbons (Fsp3) is 0.154. The molecule has 0 spiro atoms. The number of aromatic nitrogens is 1. The molecule has 0 unspecified atom stereocenters. The van der Waals surface area contributed by atoms with Gasteiger partial charge in [0.2, 0.25) is 0 Å². The predicted molar refractivity (Wildman–Crippen MR) is 65.0 cm³/mol. The first-order valence-electron chi connectivity index (χ1n) is 5.12. The maximum Gasteiger partial charge on any atom is 0.165 e. The highest BCUT2D eigenvalue weighted by Gasteiger charge is 2.04. The molecule has 0 fully saturated rings. The molecule has 0 N–H and O–H groups in total. The first-order valence-corrected chi connectivity index (χ1v) is 5.49. The number of ether oxygens (including phenoxy) is 1. The summed E-state index contributed by atoms with van der Waals surface area (Å²) >= 11 is 5.78. The van der Waals surface area contributed by atoms with Crippen molar-refractivity contribution in [1.82, 2.24) is 4.98 Å². The van der Waals surface area contributed by atoms with Gasteiger partial charge in [-0.2, -0.15) is 0 Å². The van der Waals surface area contributed by atoms with Crippen molar-refractivity contribution in [2.24, 2.45) is 0 Å². The second kappa shape index (κ2) is 5.15. The highest BCUT2D eigenvalue weighted by atomic mass is 35.5. The molecule has 0 aliphatic heterocycles. The maximum absolute atomic E-state index is 13.5. The van der Waals surface area contributed by atoms with Gasteiger partial charge in [0.15, 0.2) is 11.6 Å². The summed E-state index contributed by atoms with van der Waals surface area (Å²) in [5.41, 5.74) is 1.86. The minimum absolute atomic E-state index is 0.251. The molecule has 0 aliphatic rings. The number of hydrogen-bond acceptors (Lipinski definition) is 2. The molecule has 0 amide bonds. The Balaban J connectivity index is 2.22. The van der Waals surface area contributed by atoms with E-state index in [0.717, 1.165) is 11.1 Å². The summed E-state index contributed by atoms with van der Waals surface area (Å²) in [7, 11) is 1.45. The van der Waals surface area contributed by atoms with Crippen molar-refractivity contribution in [3.63, 3.8) is 0 Å². The van der Waals surface area contributed by atoms with Crippen LogP contribution < -0.4 is 4.74 Å². The zero-order chi connectivity index (χ0) is 12.3. The van der Waals surface area contributed by atoms with Gasteiger partial charge in [0.1, 0.15) is 5.15 Å². The smallest absolute Gasteiger partial charge is 0.165 e. The largest absolute Gasteiger partial charge is 0.494 e. The average molecular weight is 252 g/mol. The summed E-state index contributed by atoms with van der Waals surface area (Å²) in [5.74, 6) is -0.105. The molecule has 0 bridgehead atoms. The fourth-order valence-electron chi connectivity index (χ4n) is 1.61. The second-order valence-electron chi connectivity index (χ2n) is 3.63. The Kier molecular flexibility index (Phi) is 3.59. The fourth-order valence-corrected chi connectivity index (χ4v) is 1.80. The molecule has 17 heavy (non-hydrogen) atoms. The Bertz CT molecular complexity index is 531. The van der Waals surface area contributed by atoms with Crippen LogP contribution in [0.2, 0.25) is 5.15 Å². The van der Waals surface area contributed by atoms with Crippen LogP contribution in [0.5, 0.6) is 5.75 Å². The lowest BCUT2D eigenvalue weighted by molar-refractivity contribution is 0.386. The molecule has 2 aromatic rings. The van der Waals surface area contributed by atoms with Crippen LogP contribution in [0.15, 0.2) is 36.5 Å². The molecular formula is C13H11ClFNO. The molecule has 2 rings (SSSR count). The quantitative estimate of drug-likeness (QED) is 0.780. The third-order valence-electron chi connectivity index (χ3n) is 2.42. The standard InChI is InChI=1S/C13H11ClFNO/c1-17-12-3-2-9(7-11(12)15)6-10-4-5-16-13(14)8-10/h2-5,7-8H,6H2,1H3. The highest BCUT2D eigenvalue weighted by molar-refractivity contribution is 6.29. The van der Waals surface area contributed by atoms with Crippen molar-refractivity contribution in [3.05, 3.63) is 58.6 Å². The molecule has 0 saturated heterocycles. The minimum atomic E-state index is -0.356. The first kappa shape index (κ1) is 11.9. The lowest BCUT2D eigenvalue weighted by Gasteiger charge is -2.05. The molecule has 4 heteroatoms. The number of methoxy groups -OCH3 is 1. The van der Waals surface area contributed by atoms with Crippen LogP contribution in [0, 0.1) is 5.82 Å². The van der Waals surface area contributed by atoms with E-state index >= 15 is 0 Å². The van der Waals surface area contributed by atoms with Gasteiger partial charge in [0.05, 0.1) is 7.11 Å². The van der Waals surface area contributed by atoms with Crippen LogP contribution >= 0.6 is 11.6 Å². The van der Waals surface area contributed by atoms with Crippen LogP contribution in [0.25, 0.3) is 0 Å². The van der Waals surface area contributed by atoms with Crippen molar-refractivity contribution in [1.29, 1.82) is 0 Å². The van der Waals surface area contributed by atoms with Gasteiger partial charge < -0.3 is 4.74 Å². The Morgan fingerprint density at radius 2 is 2.00 bits per heavy atom. The number of hydrogen-bond donors (Lipinski definition) is 0. The van der Waals surface area contributed by atoms with E-state index in [1.54, 1.807) is 18.3 Å². The molecular weight excluding hydrogens is 241 g/mol. The van der Waals surface area contributed by atoms with Crippen LogP contribution in [0.3, 0.4) is 0 Å².